The van der Waals surface area contributed by atoms with Gasteiger partial charge in [0.05, 0.1) is 12.4 Å². The number of aromatic nitrogens is 2. The van der Waals surface area contributed by atoms with Gasteiger partial charge in [0.1, 0.15) is 6.54 Å². The molecule has 1 aromatic heterocycles. The van der Waals surface area contributed by atoms with Crippen LogP contribution in [0.25, 0.3) is 0 Å². The molecule has 2 atom stereocenters. The van der Waals surface area contributed by atoms with Gasteiger partial charge in [0.15, 0.2) is 5.96 Å². The molecule has 1 N–H and O–H groups in total. The number of piperidine rings is 1. The first-order valence-corrected chi connectivity index (χ1v) is 7.20. The van der Waals surface area contributed by atoms with E-state index in [1.807, 2.05) is 18.7 Å². The molecule has 5 heteroatoms. The monoisotopic (exact) mass is 273 g/mol. The van der Waals surface area contributed by atoms with E-state index in [9.17, 15) is 0 Å². The van der Waals surface area contributed by atoms with Crippen LogP contribution < -0.4 is 5.32 Å². The van der Waals surface area contributed by atoms with Crippen LogP contribution in [0.4, 0.5) is 0 Å². The quantitative estimate of drug-likeness (QED) is 0.514. The van der Waals surface area contributed by atoms with Crippen molar-refractivity contribution in [3.05, 3.63) is 18.7 Å². The van der Waals surface area contributed by atoms with Crippen molar-refractivity contribution in [2.24, 2.45) is 10.9 Å². The molecule has 1 saturated heterocycles. The lowest BCUT2D eigenvalue weighted by Gasteiger charge is -2.39. The normalized spacial score (nSPS) is 23.4. The molecule has 5 nitrogen and oxygen atoms in total. The van der Waals surface area contributed by atoms with Gasteiger partial charge in [-0.25, -0.2) is 9.98 Å². The van der Waals surface area contributed by atoms with Gasteiger partial charge in [0.25, 0.3) is 0 Å². The maximum absolute atomic E-state index is 5.31. The Hall–Kier alpha value is -1.96. The van der Waals surface area contributed by atoms with E-state index in [0.29, 0.717) is 18.5 Å². The molecule has 0 aliphatic carbocycles. The fourth-order valence-corrected chi connectivity index (χ4v) is 2.64. The van der Waals surface area contributed by atoms with Crippen molar-refractivity contribution in [1.82, 2.24) is 19.8 Å². The van der Waals surface area contributed by atoms with Crippen LogP contribution in [0, 0.1) is 18.3 Å². The Bertz CT molecular complexity index is 471. The second kappa shape index (κ2) is 6.99. The number of rotatable bonds is 3. The summed E-state index contributed by atoms with van der Waals surface area (Å²) in [6.45, 7) is 7.60. The molecule has 1 aliphatic heterocycles. The Morgan fingerprint density at radius 1 is 1.60 bits per heavy atom. The fraction of sp³-hybridized carbons (Fsp3) is 0.600. The van der Waals surface area contributed by atoms with Crippen LogP contribution in [-0.2, 0) is 0 Å². The summed E-state index contributed by atoms with van der Waals surface area (Å²) in [6, 6.07) is 0.431. The second-order valence-corrected chi connectivity index (χ2v) is 5.16. The van der Waals surface area contributed by atoms with Crippen LogP contribution in [0.3, 0.4) is 0 Å². The first kappa shape index (κ1) is 14.4. The zero-order valence-electron chi connectivity index (χ0n) is 12.3. The molecular weight excluding hydrogens is 250 g/mol. The minimum atomic E-state index is 0.421. The molecule has 1 aliphatic rings. The molecule has 1 fully saturated rings. The minimum absolute atomic E-state index is 0.421. The highest BCUT2D eigenvalue weighted by Gasteiger charge is 2.28. The molecule has 0 amide bonds. The van der Waals surface area contributed by atoms with Crippen molar-refractivity contribution in [2.75, 3.05) is 26.2 Å². The summed E-state index contributed by atoms with van der Waals surface area (Å²) in [5, 5.41) is 3.32. The Kier molecular flexibility index (Phi) is 5.05. The zero-order valence-corrected chi connectivity index (χ0v) is 12.3. The van der Waals surface area contributed by atoms with E-state index in [1.54, 1.807) is 0 Å². The maximum atomic E-state index is 5.31. The van der Waals surface area contributed by atoms with Crippen LogP contribution in [0.15, 0.2) is 23.7 Å². The summed E-state index contributed by atoms with van der Waals surface area (Å²) in [6.07, 6.45) is 12.2. The molecule has 2 rings (SSSR count). The number of likely N-dealkylation sites (tertiary alicyclic amines) is 1. The van der Waals surface area contributed by atoms with E-state index in [4.69, 9.17) is 6.42 Å². The highest BCUT2D eigenvalue weighted by Crippen LogP contribution is 2.27. The number of nitrogens with zero attached hydrogens (tertiary/aromatic N) is 4. The Labute approximate surface area is 121 Å². The second-order valence-electron chi connectivity index (χ2n) is 5.16. The van der Waals surface area contributed by atoms with Crippen LogP contribution in [0.5, 0.6) is 0 Å². The molecule has 1 aromatic rings. The van der Waals surface area contributed by atoms with Gasteiger partial charge < -0.3 is 14.8 Å². The molecule has 0 bridgehead atoms. The number of hydrogen-bond donors (Lipinski definition) is 1. The van der Waals surface area contributed by atoms with Crippen molar-refractivity contribution in [1.29, 1.82) is 0 Å². The van der Waals surface area contributed by atoms with E-state index in [1.165, 1.54) is 0 Å². The molecule has 20 heavy (non-hydrogen) atoms. The van der Waals surface area contributed by atoms with Gasteiger partial charge in [0, 0.05) is 32.0 Å². The first-order valence-electron chi connectivity index (χ1n) is 7.20. The van der Waals surface area contributed by atoms with E-state index >= 15 is 0 Å². The average molecular weight is 273 g/mol. The molecule has 0 radical (unpaired) electrons. The summed E-state index contributed by atoms with van der Waals surface area (Å²) in [5.41, 5.74) is 0. The van der Waals surface area contributed by atoms with Gasteiger partial charge >= 0.3 is 0 Å². The third kappa shape index (κ3) is 3.32. The van der Waals surface area contributed by atoms with E-state index in [-0.39, 0.29) is 0 Å². The fourth-order valence-electron chi connectivity index (χ4n) is 2.64. The predicted octanol–water partition coefficient (Wildman–Crippen LogP) is 1.36. The third-order valence-electron chi connectivity index (χ3n) is 3.78. The maximum Gasteiger partial charge on any atom is 0.194 e. The number of guanidine groups is 1. The van der Waals surface area contributed by atoms with Crippen molar-refractivity contribution in [3.63, 3.8) is 0 Å². The zero-order chi connectivity index (χ0) is 14.4. The number of nitrogens with one attached hydrogen (secondary N) is 1. The summed E-state index contributed by atoms with van der Waals surface area (Å²) in [4.78, 5) is 10.9. The van der Waals surface area contributed by atoms with Crippen molar-refractivity contribution >= 4 is 5.96 Å². The minimum Gasteiger partial charge on any atom is -0.356 e. The average Bonchev–Trinajstić information content (AvgIpc) is 2.98. The van der Waals surface area contributed by atoms with E-state index in [2.05, 4.69) is 44.5 Å². The van der Waals surface area contributed by atoms with Crippen molar-refractivity contribution in [3.8, 4) is 12.3 Å². The largest absolute Gasteiger partial charge is 0.356 e. The number of hydrogen-bond acceptors (Lipinski definition) is 2. The van der Waals surface area contributed by atoms with E-state index in [0.717, 1.165) is 32.0 Å². The lowest BCUT2D eigenvalue weighted by Crippen LogP contribution is -2.49. The SMILES string of the molecule is C#CCN=C(NCC)N1CCC(C)C(n2ccnc2)C1. The molecule has 108 valence electrons. The molecule has 2 heterocycles. The predicted molar refractivity (Wildman–Crippen MR) is 81.4 cm³/mol. The molecule has 0 spiro atoms. The van der Waals surface area contributed by atoms with Gasteiger partial charge in [0.2, 0.25) is 0 Å². The van der Waals surface area contributed by atoms with Crippen LogP contribution >= 0.6 is 0 Å². The molecule has 2 unspecified atom stereocenters. The smallest absolute Gasteiger partial charge is 0.194 e. The lowest BCUT2D eigenvalue weighted by molar-refractivity contribution is 0.189. The number of aliphatic imine (C=N–C) groups is 1. The lowest BCUT2D eigenvalue weighted by atomic mass is 9.93. The Balaban J connectivity index is 2.11. The van der Waals surface area contributed by atoms with Gasteiger partial charge in [-0.05, 0) is 19.3 Å². The Morgan fingerprint density at radius 2 is 2.45 bits per heavy atom. The summed E-state index contributed by atoms with van der Waals surface area (Å²) in [5.74, 6) is 4.13. The molecular formula is C15H23N5. The molecule has 0 saturated carbocycles. The van der Waals surface area contributed by atoms with Gasteiger partial charge in [-0.15, -0.1) is 6.42 Å². The van der Waals surface area contributed by atoms with Crippen molar-refractivity contribution in [2.45, 2.75) is 26.3 Å². The summed E-state index contributed by atoms with van der Waals surface area (Å²) < 4.78 is 2.20. The topological polar surface area (TPSA) is 45.5 Å². The Morgan fingerprint density at radius 3 is 3.10 bits per heavy atom. The van der Waals surface area contributed by atoms with Crippen LogP contribution in [-0.4, -0.2) is 46.6 Å². The first-order chi connectivity index (χ1) is 9.76. The summed E-state index contributed by atoms with van der Waals surface area (Å²) >= 11 is 0. The highest BCUT2D eigenvalue weighted by molar-refractivity contribution is 5.80. The van der Waals surface area contributed by atoms with Gasteiger partial charge in [-0.1, -0.05) is 12.8 Å². The number of terminal acetylenes is 1. The van der Waals surface area contributed by atoms with Gasteiger partial charge in [-0.2, -0.15) is 0 Å². The van der Waals surface area contributed by atoms with Crippen LogP contribution in [0.2, 0.25) is 0 Å². The standard InChI is InChI=1S/C15H23N5/c1-4-7-18-15(17-5-2)19-9-6-13(3)14(11-19)20-10-8-16-12-20/h1,8,10,12-14H,5-7,9,11H2,2-3H3,(H,17,18). The van der Waals surface area contributed by atoms with Gasteiger partial charge in [-0.3, -0.25) is 0 Å². The van der Waals surface area contributed by atoms with Crippen molar-refractivity contribution < 1.29 is 0 Å². The van der Waals surface area contributed by atoms with Crippen LogP contribution in [0.1, 0.15) is 26.3 Å². The highest BCUT2D eigenvalue weighted by atomic mass is 15.3. The van der Waals surface area contributed by atoms with E-state index < -0.39 is 0 Å². The molecule has 0 aromatic carbocycles. The number of imidazole rings is 1. The third-order valence-corrected chi connectivity index (χ3v) is 3.78. The summed E-state index contributed by atoms with van der Waals surface area (Å²) in [7, 11) is 0.